The summed E-state index contributed by atoms with van der Waals surface area (Å²) in [6, 6.07) is 7.28. The van der Waals surface area contributed by atoms with Gasteiger partial charge in [0.05, 0.1) is 6.61 Å². The van der Waals surface area contributed by atoms with Gasteiger partial charge in [-0.05, 0) is 30.2 Å². The minimum Gasteiger partial charge on any atom is -0.494 e. The normalized spacial score (nSPS) is 10.6. The zero-order valence-electron chi connectivity index (χ0n) is 11.0. The van der Waals surface area contributed by atoms with Gasteiger partial charge in [0.25, 0.3) is 5.95 Å². The van der Waals surface area contributed by atoms with Crippen molar-refractivity contribution in [3.8, 4) is 16.9 Å². The Balaban J connectivity index is 2.19. The molecule has 1 aromatic carbocycles. The second-order valence-electron chi connectivity index (χ2n) is 4.33. The Hall–Kier alpha value is -2.04. The van der Waals surface area contributed by atoms with Crippen LogP contribution in [0.15, 0.2) is 30.3 Å². The third-order valence-corrected chi connectivity index (χ3v) is 2.82. The number of ether oxygens (including phenoxy) is 1. The molecule has 0 spiro atoms. The molecule has 0 bridgehead atoms. The van der Waals surface area contributed by atoms with E-state index in [2.05, 4.69) is 11.9 Å². The van der Waals surface area contributed by atoms with Gasteiger partial charge in [-0.3, -0.25) is 0 Å². The molecular weight excluding hydrogens is 267 g/mol. The minimum absolute atomic E-state index is 0.0796. The summed E-state index contributed by atoms with van der Waals surface area (Å²) in [5, 5.41) is 0. The van der Waals surface area contributed by atoms with E-state index >= 15 is 0 Å². The number of rotatable bonds is 5. The molecule has 0 fully saturated rings. The Morgan fingerprint density at radius 1 is 1.05 bits per heavy atom. The number of nitrogens with zero attached hydrogens (tertiary/aromatic N) is 1. The minimum atomic E-state index is -1.44. The number of halogens is 3. The fourth-order valence-corrected chi connectivity index (χ4v) is 1.71. The second-order valence-corrected chi connectivity index (χ2v) is 4.33. The molecular formula is C15H14F3NO. The van der Waals surface area contributed by atoms with Crippen LogP contribution in [0.2, 0.25) is 0 Å². The molecule has 2 aromatic rings. The van der Waals surface area contributed by atoms with Gasteiger partial charge in [0.2, 0.25) is 5.95 Å². The summed E-state index contributed by atoms with van der Waals surface area (Å²) in [7, 11) is 0. The number of unbranched alkanes of at least 4 members (excludes halogenated alkanes) is 1. The van der Waals surface area contributed by atoms with Crippen LogP contribution in [-0.4, -0.2) is 11.6 Å². The van der Waals surface area contributed by atoms with E-state index in [1.54, 1.807) is 24.3 Å². The first-order valence-corrected chi connectivity index (χ1v) is 6.36. The Morgan fingerprint density at radius 3 is 2.40 bits per heavy atom. The average molecular weight is 281 g/mol. The molecule has 1 aromatic heterocycles. The van der Waals surface area contributed by atoms with E-state index in [1.807, 2.05) is 0 Å². The molecule has 0 saturated carbocycles. The summed E-state index contributed by atoms with van der Waals surface area (Å²) in [6.45, 7) is 2.67. The molecule has 0 atom stereocenters. The van der Waals surface area contributed by atoms with Gasteiger partial charge >= 0.3 is 0 Å². The Labute approximate surface area is 115 Å². The van der Waals surface area contributed by atoms with E-state index in [0.717, 1.165) is 18.9 Å². The molecule has 0 saturated heterocycles. The molecule has 0 unspecified atom stereocenters. The van der Waals surface area contributed by atoms with Gasteiger partial charge in [-0.25, -0.2) is 4.39 Å². The van der Waals surface area contributed by atoms with E-state index in [4.69, 9.17) is 4.74 Å². The summed E-state index contributed by atoms with van der Waals surface area (Å²) >= 11 is 0. The monoisotopic (exact) mass is 281 g/mol. The quantitative estimate of drug-likeness (QED) is 0.600. The average Bonchev–Trinajstić information content (AvgIpc) is 2.44. The molecule has 2 rings (SSSR count). The largest absolute Gasteiger partial charge is 0.494 e. The van der Waals surface area contributed by atoms with Gasteiger partial charge in [-0.1, -0.05) is 25.5 Å². The lowest BCUT2D eigenvalue weighted by molar-refractivity contribution is 0.309. The number of pyridine rings is 1. The van der Waals surface area contributed by atoms with Crippen LogP contribution in [0.1, 0.15) is 19.8 Å². The molecule has 1 heterocycles. The van der Waals surface area contributed by atoms with Crippen LogP contribution in [0.3, 0.4) is 0 Å². The Bertz CT molecular complexity index is 584. The summed E-state index contributed by atoms with van der Waals surface area (Å²) in [5.41, 5.74) is 0.334. The van der Waals surface area contributed by atoms with Crippen molar-refractivity contribution >= 4 is 0 Å². The molecule has 0 aliphatic rings. The molecule has 2 nitrogen and oxygen atoms in total. The summed E-state index contributed by atoms with van der Waals surface area (Å²) in [6.07, 6.45) is 1.98. The summed E-state index contributed by atoms with van der Waals surface area (Å²) in [4.78, 5) is 2.89. The standard InChI is InChI=1S/C15H14F3NO/c1-2-3-8-20-11-6-4-10(5-7-11)12-9-13(16)15(18)19-14(12)17/h4-7,9H,2-3,8H2,1H3. The van der Waals surface area contributed by atoms with E-state index in [1.165, 1.54) is 0 Å². The number of hydrogen-bond acceptors (Lipinski definition) is 2. The van der Waals surface area contributed by atoms with Crippen molar-refractivity contribution in [3.63, 3.8) is 0 Å². The van der Waals surface area contributed by atoms with Crippen molar-refractivity contribution in [1.29, 1.82) is 0 Å². The predicted molar refractivity (Wildman–Crippen MR) is 70.0 cm³/mol. The van der Waals surface area contributed by atoms with Gasteiger partial charge in [0.1, 0.15) is 5.75 Å². The third kappa shape index (κ3) is 3.29. The first kappa shape index (κ1) is 14.4. The van der Waals surface area contributed by atoms with Crippen molar-refractivity contribution in [3.05, 3.63) is 48.0 Å². The fourth-order valence-electron chi connectivity index (χ4n) is 1.71. The van der Waals surface area contributed by atoms with Gasteiger partial charge in [-0.2, -0.15) is 13.8 Å². The molecule has 106 valence electrons. The van der Waals surface area contributed by atoms with Gasteiger partial charge in [0.15, 0.2) is 5.82 Å². The maximum Gasteiger partial charge on any atom is 0.251 e. The van der Waals surface area contributed by atoms with Crippen molar-refractivity contribution in [1.82, 2.24) is 4.98 Å². The van der Waals surface area contributed by atoms with Crippen LogP contribution in [-0.2, 0) is 0 Å². The first-order chi connectivity index (χ1) is 9.61. The molecule has 0 radical (unpaired) electrons. The molecule has 20 heavy (non-hydrogen) atoms. The van der Waals surface area contributed by atoms with E-state index < -0.39 is 17.7 Å². The molecule has 0 amide bonds. The molecule has 0 aliphatic carbocycles. The van der Waals surface area contributed by atoms with Crippen LogP contribution in [0.25, 0.3) is 11.1 Å². The van der Waals surface area contributed by atoms with Crippen molar-refractivity contribution in [2.75, 3.05) is 6.61 Å². The zero-order chi connectivity index (χ0) is 14.5. The Morgan fingerprint density at radius 2 is 1.75 bits per heavy atom. The number of hydrogen-bond donors (Lipinski definition) is 0. The molecule has 0 N–H and O–H groups in total. The maximum absolute atomic E-state index is 13.5. The van der Waals surface area contributed by atoms with Crippen molar-refractivity contribution in [2.24, 2.45) is 0 Å². The van der Waals surface area contributed by atoms with Crippen LogP contribution in [0.5, 0.6) is 5.75 Å². The second kappa shape index (κ2) is 6.41. The highest BCUT2D eigenvalue weighted by molar-refractivity contribution is 5.63. The lowest BCUT2D eigenvalue weighted by Crippen LogP contribution is -1.98. The highest BCUT2D eigenvalue weighted by Gasteiger charge is 2.13. The number of benzene rings is 1. The molecule has 5 heteroatoms. The van der Waals surface area contributed by atoms with E-state index in [-0.39, 0.29) is 5.56 Å². The van der Waals surface area contributed by atoms with Gasteiger partial charge in [-0.15, -0.1) is 0 Å². The van der Waals surface area contributed by atoms with Crippen molar-refractivity contribution < 1.29 is 17.9 Å². The van der Waals surface area contributed by atoms with Gasteiger partial charge in [0, 0.05) is 5.56 Å². The van der Waals surface area contributed by atoms with Crippen LogP contribution < -0.4 is 4.74 Å². The van der Waals surface area contributed by atoms with E-state index in [9.17, 15) is 13.2 Å². The first-order valence-electron chi connectivity index (χ1n) is 6.36. The number of aromatic nitrogens is 1. The van der Waals surface area contributed by atoms with Crippen LogP contribution in [0, 0.1) is 17.7 Å². The fraction of sp³-hybridized carbons (Fsp3) is 0.267. The van der Waals surface area contributed by atoms with Crippen LogP contribution >= 0.6 is 0 Å². The lowest BCUT2D eigenvalue weighted by Gasteiger charge is -2.07. The zero-order valence-corrected chi connectivity index (χ0v) is 11.0. The maximum atomic E-state index is 13.5. The van der Waals surface area contributed by atoms with Crippen molar-refractivity contribution in [2.45, 2.75) is 19.8 Å². The third-order valence-electron chi connectivity index (χ3n) is 2.82. The van der Waals surface area contributed by atoms with Gasteiger partial charge < -0.3 is 4.74 Å². The SMILES string of the molecule is CCCCOc1ccc(-c2cc(F)c(F)nc2F)cc1. The topological polar surface area (TPSA) is 22.1 Å². The smallest absolute Gasteiger partial charge is 0.251 e. The summed E-state index contributed by atoms with van der Waals surface area (Å²) in [5.74, 6) is -3.00. The predicted octanol–water partition coefficient (Wildman–Crippen LogP) is 4.34. The summed E-state index contributed by atoms with van der Waals surface area (Å²) < 4.78 is 44.9. The molecule has 0 aliphatic heterocycles. The highest BCUT2D eigenvalue weighted by Crippen LogP contribution is 2.25. The Kier molecular flexibility index (Phi) is 4.61. The van der Waals surface area contributed by atoms with Crippen LogP contribution in [0.4, 0.5) is 13.2 Å². The van der Waals surface area contributed by atoms with E-state index in [0.29, 0.717) is 17.9 Å². The lowest BCUT2D eigenvalue weighted by atomic mass is 10.1. The highest BCUT2D eigenvalue weighted by atomic mass is 19.2.